The third-order valence-electron chi connectivity index (χ3n) is 2.55. The Labute approximate surface area is 84.5 Å². The van der Waals surface area contributed by atoms with Crippen LogP contribution >= 0.6 is 0 Å². The van der Waals surface area contributed by atoms with Crippen LogP contribution in [0.4, 0.5) is 0 Å². The van der Waals surface area contributed by atoms with E-state index in [1.54, 1.807) is 0 Å². The summed E-state index contributed by atoms with van der Waals surface area (Å²) in [6.07, 6.45) is 0.217. The Hall–Kier alpha value is -0.140. The highest BCUT2D eigenvalue weighted by atomic mass is 32.2. The molecule has 1 fully saturated rings. The molecular formula is C7H15NO4S2. The van der Waals surface area contributed by atoms with E-state index in [2.05, 4.69) is 0 Å². The summed E-state index contributed by atoms with van der Waals surface area (Å²) in [5, 5.41) is -1.40. The van der Waals surface area contributed by atoms with Gasteiger partial charge in [0.05, 0.1) is 22.0 Å². The quantitative estimate of drug-likeness (QED) is 0.679. The zero-order valence-electron chi connectivity index (χ0n) is 8.01. The molecule has 2 unspecified atom stereocenters. The molecule has 7 heteroatoms. The van der Waals surface area contributed by atoms with Gasteiger partial charge in [0.1, 0.15) is 0 Å². The first kappa shape index (κ1) is 11.9. The van der Waals surface area contributed by atoms with Crippen LogP contribution in [0.1, 0.15) is 13.3 Å². The molecule has 0 radical (unpaired) electrons. The fraction of sp³-hybridized carbons (Fsp3) is 1.00. The van der Waals surface area contributed by atoms with Crippen LogP contribution in [0, 0.1) is 0 Å². The van der Waals surface area contributed by atoms with Crippen LogP contribution in [0.2, 0.25) is 0 Å². The summed E-state index contributed by atoms with van der Waals surface area (Å²) < 4.78 is 45.6. The molecule has 0 aromatic carbocycles. The molecule has 0 spiro atoms. The lowest BCUT2D eigenvalue weighted by atomic mass is 10.4. The first-order valence-electron chi connectivity index (χ1n) is 4.43. The molecule has 0 amide bonds. The molecular weight excluding hydrogens is 226 g/mol. The molecule has 1 rings (SSSR count). The van der Waals surface area contributed by atoms with Crippen molar-refractivity contribution in [3.05, 3.63) is 0 Å². The third kappa shape index (κ3) is 2.26. The van der Waals surface area contributed by atoms with Gasteiger partial charge in [-0.25, -0.2) is 16.8 Å². The van der Waals surface area contributed by atoms with Gasteiger partial charge in [-0.15, -0.1) is 0 Å². The van der Waals surface area contributed by atoms with Crippen LogP contribution in [-0.2, 0) is 19.7 Å². The molecule has 0 aromatic rings. The predicted molar refractivity (Wildman–Crippen MR) is 54.5 cm³/mol. The molecule has 1 aliphatic heterocycles. The van der Waals surface area contributed by atoms with Crippen molar-refractivity contribution in [3.63, 3.8) is 0 Å². The zero-order valence-corrected chi connectivity index (χ0v) is 9.64. The number of hydrogen-bond acceptors (Lipinski definition) is 5. The summed E-state index contributed by atoms with van der Waals surface area (Å²) in [4.78, 5) is 0. The summed E-state index contributed by atoms with van der Waals surface area (Å²) in [6, 6.07) is 0. The molecule has 0 bridgehead atoms. The van der Waals surface area contributed by atoms with E-state index in [-0.39, 0.29) is 24.5 Å². The minimum atomic E-state index is -3.36. The summed E-state index contributed by atoms with van der Waals surface area (Å²) in [6.45, 7) is 1.55. The van der Waals surface area contributed by atoms with E-state index in [4.69, 9.17) is 5.73 Å². The fourth-order valence-electron chi connectivity index (χ4n) is 1.48. The maximum absolute atomic E-state index is 11.7. The lowest BCUT2D eigenvalue weighted by molar-refractivity contribution is 0.570. The standard InChI is InChI=1S/C7H15NO4S2/c1-6(4-8)14(11,12)7-2-3-13(9,10)5-7/h6-7H,2-5,8H2,1H3. The first-order chi connectivity index (χ1) is 6.29. The molecule has 1 aliphatic rings. The normalized spacial score (nSPS) is 28.9. The minimum absolute atomic E-state index is 0.0197. The first-order valence-corrected chi connectivity index (χ1v) is 7.86. The molecule has 0 aliphatic carbocycles. The molecule has 5 nitrogen and oxygen atoms in total. The monoisotopic (exact) mass is 241 g/mol. The largest absolute Gasteiger partial charge is 0.329 e. The molecule has 14 heavy (non-hydrogen) atoms. The van der Waals surface area contributed by atoms with Crippen LogP contribution in [0.25, 0.3) is 0 Å². The van der Waals surface area contributed by atoms with Gasteiger partial charge in [-0.05, 0) is 13.3 Å². The topological polar surface area (TPSA) is 94.3 Å². The van der Waals surface area contributed by atoms with Crippen molar-refractivity contribution in [2.24, 2.45) is 5.73 Å². The predicted octanol–water partition coefficient (Wildman–Crippen LogP) is -1.06. The average Bonchev–Trinajstić information content (AvgIpc) is 2.45. The maximum atomic E-state index is 11.7. The molecule has 1 heterocycles. The van der Waals surface area contributed by atoms with Gasteiger partial charge in [0.15, 0.2) is 19.7 Å². The van der Waals surface area contributed by atoms with Crippen LogP contribution in [0.5, 0.6) is 0 Å². The SMILES string of the molecule is CC(CN)S(=O)(=O)C1CCS(=O)(=O)C1. The highest BCUT2D eigenvalue weighted by molar-refractivity contribution is 7.96. The smallest absolute Gasteiger partial charge is 0.158 e. The fourth-order valence-corrected chi connectivity index (χ4v) is 5.93. The highest BCUT2D eigenvalue weighted by Crippen LogP contribution is 2.21. The Morgan fingerprint density at radius 3 is 2.43 bits per heavy atom. The molecule has 0 aromatic heterocycles. The summed E-state index contributed by atoms with van der Waals surface area (Å²) >= 11 is 0. The van der Waals surface area contributed by atoms with Crippen LogP contribution in [0.15, 0.2) is 0 Å². The second-order valence-electron chi connectivity index (χ2n) is 3.66. The van der Waals surface area contributed by atoms with E-state index in [0.717, 1.165) is 0 Å². The average molecular weight is 241 g/mol. The van der Waals surface area contributed by atoms with Gasteiger partial charge in [-0.1, -0.05) is 0 Å². The van der Waals surface area contributed by atoms with Crippen molar-refractivity contribution >= 4 is 19.7 Å². The lowest BCUT2D eigenvalue weighted by Gasteiger charge is -2.14. The second kappa shape index (κ2) is 3.79. The molecule has 2 N–H and O–H groups in total. The Kier molecular flexibility index (Phi) is 3.23. The molecule has 84 valence electrons. The van der Waals surface area contributed by atoms with E-state index in [0.29, 0.717) is 0 Å². The second-order valence-corrected chi connectivity index (χ2v) is 8.54. The summed E-state index contributed by atoms with van der Waals surface area (Å²) in [7, 11) is -6.50. The number of nitrogens with two attached hydrogens (primary N) is 1. The highest BCUT2D eigenvalue weighted by Gasteiger charge is 2.39. The van der Waals surface area contributed by atoms with Gasteiger partial charge in [0.25, 0.3) is 0 Å². The van der Waals surface area contributed by atoms with Crippen molar-refractivity contribution in [1.82, 2.24) is 0 Å². The van der Waals surface area contributed by atoms with Gasteiger partial charge in [-0.2, -0.15) is 0 Å². The van der Waals surface area contributed by atoms with Gasteiger partial charge in [0.2, 0.25) is 0 Å². The molecule has 1 saturated heterocycles. The Morgan fingerprint density at radius 1 is 1.50 bits per heavy atom. The van der Waals surface area contributed by atoms with Gasteiger partial charge < -0.3 is 5.73 Å². The van der Waals surface area contributed by atoms with Crippen LogP contribution < -0.4 is 5.73 Å². The van der Waals surface area contributed by atoms with E-state index in [9.17, 15) is 16.8 Å². The van der Waals surface area contributed by atoms with Gasteiger partial charge in [0, 0.05) is 6.54 Å². The maximum Gasteiger partial charge on any atom is 0.158 e. The minimum Gasteiger partial charge on any atom is -0.329 e. The van der Waals surface area contributed by atoms with Crippen molar-refractivity contribution in [3.8, 4) is 0 Å². The Bertz CT molecular complexity index is 397. The summed E-state index contributed by atoms with van der Waals surface area (Å²) in [5.41, 5.74) is 5.26. The molecule has 0 saturated carbocycles. The summed E-state index contributed by atoms with van der Waals surface area (Å²) in [5.74, 6) is -0.256. The van der Waals surface area contributed by atoms with E-state index < -0.39 is 30.2 Å². The van der Waals surface area contributed by atoms with Crippen molar-refractivity contribution in [2.45, 2.75) is 23.8 Å². The zero-order chi connectivity index (χ0) is 11.0. The van der Waals surface area contributed by atoms with Crippen LogP contribution in [0.3, 0.4) is 0 Å². The van der Waals surface area contributed by atoms with Gasteiger partial charge >= 0.3 is 0 Å². The number of sulfone groups is 2. The van der Waals surface area contributed by atoms with Gasteiger partial charge in [-0.3, -0.25) is 0 Å². The Morgan fingerprint density at radius 2 is 2.07 bits per heavy atom. The third-order valence-corrected chi connectivity index (χ3v) is 7.17. The lowest BCUT2D eigenvalue weighted by Crippen LogP contribution is -2.35. The Balaban J connectivity index is 2.87. The van der Waals surface area contributed by atoms with Crippen molar-refractivity contribution in [2.75, 3.05) is 18.1 Å². The van der Waals surface area contributed by atoms with E-state index in [1.807, 2.05) is 0 Å². The van der Waals surface area contributed by atoms with Crippen molar-refractivity contribution in [1.29, 1.82) is 0 Å². The number of rotatable bonds is 3. The number of hydrogen-bond donors (Lipinski definition) is 1. The van der Waals surface area contributed by atoms with E-state index >= 15 is 0 Å². The van der Waals surface area contributed by atoms with E-state index in [1.165, 1.54) is 6.92 Å². The van der Waals surface area contributed by atoms with Crippen LogP contribution in [-0.4, -0.2) is 45.4 Å². The van der Waals surface area contributed by atoms with Crippen molar-refractivity contribution < 1.29 is 16.8 Å². The molecule has 2 atom stereocenters.